The summed E-state index contributed by atoms with van der Waals surface area (Å²) >= 11 is 0. The smallest absolute Gasteiger partial charge is 0.321 e. The Morgan fingerprint density at radius 3 is 2.65 bits per heavy atom. The average molecular weight is 261 g/mol. The predicted molar refractivity (Wildman–Crippen MR) is 59.8 cm³/mol. The molecule has 0 unspecified atom stereocenters. The zero-order chi connectivity index (χ0) is 13.1. The van der Waals surface area contributed by atoms with E-state index in [0.29, 0.717) is 0 Å². The molecule has 0 aromatic carbocycles. The quantitative estimate of drug-likeness (QED) is 0.676. The molecule has 1 heterocycles. The second-order valence-electron chi connectivity index (χ2n) is 4.06. The lowest BCUT2D eigenvalue weighted by Crippen LogP contribution is -2.41. The first-order chi connectivity index (χ1) is 7.83. The Morgan fingerprint density at radius 2 is 2.24 bits per heavy atom. The molecule has 0 bridgehead atoms. The summed E-state index contributed by atoms with van der Waals surface area (Å²) in [5.41, 5.74) is 0. The first-order valence-electron chi connectivity index (χ1n) is 5.07. The Labute approximate surface area is 99.3 Å². The number of aromatic nitrogens is 2. The van der Waals surface area contributed by atoms with E-state index in [1.807, 2.05) is 13.8 Å². The van der Waals surface area contributed by atoms with Crippen LogP contribution in [0.3, 0.4) is 0 Å². The fraction of sp³-hybridized carbons (Fsp3) is 0.556. The maximum Gasteiger partial charge on any atom is 0.321 e. The first-order valence-corrected chi connectivity index (χ1v) is 6.55. The molecule has 0 spiro atoms. The van der Waals surface area contributed by atoms with Crippen LogP contribution in [0.2, 0.25) is 0 Å². The molecule has 1 atom stereocenters. The molecule has 1 rings (SSSR count). The molecule has 1 aromatic heterocycles. The summed E-state index contributed by atoms with van der Waals surface area (Å²) in [6.45, 7) is 3.64. The number of H-pyrrole nitrogens is 1. The summed E-state index contributed by atoms with van der Waals surface area (Å²) in [5.74, 6) is -1.12. The second-order valence-corrected chi connectivity index (χ2v) is 5.74. The van der Waals surface area contributed by atoms with Gasteiger partial charge in [0.15, 0.2) is 5.03 Å². The number of sulfonamides is 1. The Morgan fingerprint density at radius 1 is 1.59 bits per heavy atom. The topological polar surface area (TPSA) is 112 Å². The molecule has 0 aliphatic heterocycles. The number of carbonyl (C=O) groups is 1. The van der Waals surface area contributed by atoms with Crippen LogP contribution in [-0.4, -0.2) is 35.7 Å². The highest BCUT2D eigenvalue weighted by molar-refractivity contribution is 7.89. The van der Waals surface area contributed by atoms with Crippen molar-refractivity contribution in [2.24, 2.45) is 5.92 Å². The SMILES string of the molecule is CC(C)C[C@@H](NS(=O)(=O)c1ccn[nH]1)C(=O)O. The van der Waals surface area contributed by atoms with Crippen LogP contribution in [0.5, 0.6) is 0 Å². The third-order valence-electron chi connectivity index (χ3n) is 2.07. The number of aliphatic carboxylic acids is 1. The second kappa shape index (κ2) is 5.28. The number of aromatic amines is 1. The fourth-order valence-corrected chi connectivity index (χ4v) is 2.43. The minimum atomic E-state index is -3.86. The molecule has 1 aromatic rings. The molecule has 96 valence electrons. The van der Waals surface area contributed by atoms with E-state index in [1.54, 1.807) is 0 Å². The summed E-state index contributed by atoms with van der Waals surface area (Å²) in [4.78, 5) is 10.9. The number of carboxylic acid groups (broad SMARTS) is 1. The van der Waals surface area contributed by atoms with Crippen LogP contribution in [-0.2, 0) is 14.8 Å². The molecule has 3 N–H and O–H groups in total. The molecule has 0 aliphatic carbocycles. The van der Waals surface area contributed by atoms with Gasteiger partial charge in [0, 0.05) is 0 Å². The maximum atomic E-state index is 11.7. The van der Waals surface area contributed by atoms with Gasteiger partial charge in [0.1, 0.15) is 6.04 Å². The monoisotopic (exact) mass is 261 g/mol. The van der Waals surface area contributed by atoms with E-state index in [1.165, 1.54) is 12.3 Å². The van der Waals surface area contributed by atoms with Gasteiger partial charge in [-0.2, -0.15) is 9.82 Å². The number of nitrogens with one attached hydrogen (secondary N) is 2. The maximum absolute atomic E-state index is 11.7. The fourth-order valence-electron chi connectivity index (χ4n) is 1.31. The van der Waals surface area contributed by atoms with Crippen LogP contribution in [0.4, 0.5) is 0 Å². The Bertz CT molecular complexity index is 466. The number of hydrogen-bond acceptors (Lipinski definition) is 4. The highest BCUT2D eigenvalue weighted by Gasteiger charge is 2.26. The van der Waals surface area contributed by atoms with Crippen molar-refractivity contribution in [2.75, 3.05) is 0 Å². The number of carboxylic acids is 1. The standard InChI is InChI=1S/C9H15N3O4S/c1-6(2)5-7(9(13)14)12-17(15,16)8-3-4-10-11-8/h3-4,6-7,12H,5H2,1-2H3,(H,10,11)(H,13,14)/t7-/m1/s1. The van der Waals surface area contributed by atoms with E-state index < -0.39 is 22.0 Å². The van der Waals surface area contributed by atoms with Gasteiger partial charge in [-0.25, -0.2) is 8.42 Å². The van der Waals surface area contributed by atoms with Crippen LogP contribution < -0.4 is 4.72 Å². The molecule has 0 saturated carbocycles. The van der Waals surface area contributed by atoms with Gasteiger partial charge in [-0.3, -0.25) is 9.89 Å². The summed E-state index contributed by atoms with van der Waals surface area (Å²) < 4.78 is 25.6. The van der Waals surface area contributed by atoms with E-state index in [0.717, 1.165) is 0 Å². The van der Waals surface area contributed by atoms with Crippen molar-refractivity contribution in [1.82, 2.24) is 14.9 Å². The van der Waals surface area contributed by atoms with Crippen LogP contribution in [0, 0.1) is 5.92 Å². The van der Waals surface area contributed by atoms with Crippen molar-refractivity contribution >= 4 is 16.0 Å². The molecule has 0 radical (unpaired) electrons. The van der Waals surface area contributed by atoms with E-state index in [4.69, 9.17) is 5.11 Å². The van der Waals surface area contributed by atoms with E-state index in [-0.39, 0.29) is 17.4 Å². The summed E-state index contributed by atoms with van der Waals surface area (Å²) in [6, 6.07) is 0.125. The predicted octanol–water partition coefficient (Wildman–Crippen LogP) is 0.187. The zero-order valence-electron chi connectivity index (χ0n) is 9.54. The number of nitrogens with zero attached hydrogens (tertiary/aromatic N) is 1. The molecular weight excluding hydrogens is 246 g/mol. The Balaban J connectivity index is 2.84. The Hall–Kier alpha value is -1.41. The molecule has 0 amide bonds. The normalized spacial score (nSPS) is 13.8. The van der Waals surface area contributed by atoms with Crippen LogP contribution in [0.15, 0.2) is 17.3 Å². The summed E-state index contributed by atoms with van der Waals surface area (Å²) in [7, 11) is -3.86. The molecular formula is C9H15N3O4S. The van der Waals surface area contributed by atoms with Gasteiger partial charge in [-0.05, 0) is 18.4 Å². The molecule has 17 heavy (non-hydrogen) atoms. The van der Waals surface area contributed by atoms with E-state index in [9.17, 15) is 13.2 Å². The number of rotatable bonds is 6. The van der Waals surface area contributed by atoms with Gasteiger partial charge < -0.3 is 5.11 Å². The molecule has 0 fully saturated rings. The lowest BCUT2D eigenvalue weighted by atomic mass is 10.1. The average Bonchev–Trinajstić information content (AvgIpc) is 2.68. The van der Waals surface area contributed by atoms with Crippen molar-refractivity contribution in [1.29, 1.82) is 0 Å². The van der Waals surface area contributed by atoms with Crippen molar-refractivity contribution in [3.63, 3.8) is 0 Å². The van der Waals surface area contributed by atoms with Crippen LogP contribution in [0.1, 0.15) is 20.3 Å². The minimum Gasteiger partial charge on any atom is -0.480 e. The van der Waals surface area contributed by atoms with Gasteiger partial charge in [0.05, 0.1) is 6.20 Å². The Kier molecular flexibility index (Phi) is 4.24. The van der Waals surface area contributed by atoms with Crippen LogP contribution in [0.25, 0.3) is 0 Å². The molecule has 8 heteroatoms. The lowest BCUT2D eigenvalue weighted by molar-refractivity contribution is -0.139. The first kappa shape index (κ1) is 13.7. The number of hydrogen-bond donors (Lipinski definition) is 3. The van der Waals surface area contributed by atoms with Crippen molar-refractivity contribution in [3.05, 3.63) is 12.3 Å². The molecule has 7 nitrogen and oxygen atoms in total. The van der Waals surface area contributed by atoms with Crippen molar-refractivity contribution in [3.8, 4) is 0 Å². The lowest BCUT2D eigenvalue weighted by Gasteiger charge is -2.15. The van der Waals surface area contributed by atoms with E-state index >= 15 is 0 Å². The molecule has 0 aliphatic rings. The van der Waals surface area contributed by atoms with Crippen molar-refractivity contribution < 1.29 is 18.3 Å². The minimum absolute atomic E-state index is 0.0700. The van der Waals surface area contributed by atoms with Gasteiger partial charge in [-0.15, -0.1) is 0 Å². The largest absolute Gasteiger partial charge is 0.480 e. The third-order valence-corrected chi connectivity index (χ3v) is 3.47. The third kappa shape index (κ3) is 3.82. The van der Waals surface area contributed by atoms with Crippen molar-refractivity contribution in [2.45, 2.75) is 31.3 Å². The zero-order valence-corrected chi connectivity index (χ0v) is 10.4. The van der Waals surface area contributed by atoms with Gasteiger partial charge >= 0.3 is 5.97 Å². The van der Waals surface area contributed by atoms with Crippen LogP contribution >= 0.6 is 0 Å². The molecule has 0 saturated heterocycles. The van der Waals surface area contributed by atoms with Gasteiger partial charge in [-0.1, -0.05) is 13.8 Å². The summed E-state index contributed by atoms with van der Waals surface area (Å²) in [6.07, 6.45) is 1.51. The van der Waals surface area contributed by atoms with E-state index in [2.05, 4.69) is 14.9 Å². The highest BCUT2D eigenvalue weighted by Crippen LogP contribution is 2.09. The highest BCUT2D eigenvalue weighted by atomic mass is 32.2. The summed E-state index contributed by atoms with van der Waals surface area (Å²) in [5, 5.41) is 14.6. The van der Waals surface area contributed by atoms with Gasteiger partial charge in [0.2, 0.25) is 0 Å². The van der Waals surface area contributed by atoms with Gasteiger partial charge in [0.25, 0.3) is 10.0 Å².